The molecule has 0 saturated heterocycles. The van der Waals surface area contributed by atoms with E-state index in [2.05, 4.69) is 35.8 Å². The molecule has 1 aliphatic rings. The van der Waals surface area contributed by atoms with Crippen LogP contribution in [-0.4, -0.2) is 11.9 Å². The Hall–Kier alpha value is -2.01. The van der Waals surface area contributed by atoms with E-state index in [0.29, 0.717) is 16.6 Å². The van der Waals surface area contributed by atoms with E-state index in [9.17, 15) is 4.79 Å². The number of anilines is 2. The van der Waals surface area contributed by atoms with Crippen molar-refractivity contribution in [1.29, 1.82) is 0 Å². The molecule has 1 aromatic heterocycles. The fraction of sp³-hybridized carbons (Fsp3) is 0.312. The van der Waals surface area contributed by atoms with Gasteiger partial charge < -0.3 is 16.4 Å². The molecule has 1 heterocycles. The van der Waals surface area contributed by atoms with E-state index >= 15 is 0 Å². The SMILES string of the molecule is Cc1cccc(CNc2cc(N)c(C(=O)NC3CC3)s2)c1. The van der Waals surface area contributed by atoms with Gasteiger partial charge in [0.1, 0.15) is 4.88 Å². The first kappa shape index (κ1) is 13.9. The molecule has 0 bridgehead atoms. The van der Waals surface area contributed by atoms with Gasteiger partial charge in [-0.1, -0.05) is 29.8 Å². The molecular weight excluding hydrogens is 282 g/mol. The third-order valence-electron chi connectivity index (χ3n) is 3.43. The van der Waals surface area contributed by atoms with Gasteiger partial charge in [-0.05, 0) is 31.4 Å². The minimum Gasteiger partial charge on any atom is -0.397 e. The molecule has 0 atom stereocenters. The Balaban J connectivity index is 1.64. The molecule has 4 nitrogen and oxygen atoms in total. The summed E-state index contributed by atoms with van der Waals surface area (Å²) < 4.78 is 0. The predicted molar refractivity (Wildman–Crippen MR) is 87.7 cm³/mol. The molecule has 0 unspecified atom stereocenters. The number of nitrogen functional groups attached to an aromatic ring is 1. The second kappa shape index (κ2) is 5.77. The first-order chi connectivity index (χ1) is 10.1. The zero-order valence-corrected chi connectivity index (χ0v) is 12.8. The molecule has 2 aromatic rings. The summed E-state index contributed by atoms with van der Waals surface area (Å²) in [4.78, 5) is 12.6. The van der Waals surface area contributed by atoms with Gasteiger partial charge in [0.2, 0.25) is 0 Å². The average Bonchev–Trinajstić information content (AvgIpc) is 3.17. The molecule has 1 saturated carbocycles. The smallest absolute Gasteiger partial charge is 0.263 e. The number of amides is 1. The van der Waals surface area contributed by atoms with Crippen molar-refractivity contribution in [3.63, 3.8) is 0 Å². The Morgan fingerprint density at radius 1 is 1.38 bits per heavy atom. The van der Waals surface area contributed by atoms with E-state index in [1.54, 1.807) is 0 Å². The summed E-state index contributed by atoms with van der Waals surface area (Å²) in [5.41, 5.74) is 8.94. The lowest BCUT2D eigenvalue weighted by Crippen LogP contribution is -2.25. The monoisotopic (exact) mass is 301 g/mol. The van der Waals surface area contributed by atoms with Crippen molar-refractivity contribution in [3.8, 4) is 0 Å². The highest BCUT2D eigenvalue weighted by Gasteiger charge is 2.25. The van der Waals surface area contributed by atoms with Gasteiger partial charge in [0.25, 0.3) is 5.91 Å². The molecule has 1 amide bonds. The van der Waals surface area contributed by atoms with E-state index in [0.717, 1.165) is 24.4 Å². The van der Waals surface area contributed by atoms with Gasteiger partial charge in [0.05, 0.1) is 10.7 Å². The summed E-state index contributed by atoms with van der Waals surface area (Å²) in [6, 6.07) is 10.5. The number of aryl methyl sites for hydroxylation is 1. The maximum Gasteiger partial charge on any atom is 0.263 e. The second-order valence-electron chi connectivity index (χ2n) is 5.49. The van der Waals surface area contributed by atoms with Crippen molar-refractivity contribution in [2.24, 2.45) is 0 Å². The van der Waals surface area contributed by atoms with Crippen molar-refractivity contribution in [2.75, 3.05) is 11.1 Å². The quantitative estimate of drug-likeness (QED) is 0.795. The number of carbonyl (C=O) groups excluding carboxylic acids is 1. The summed E-state index contributed by atoms with van der Waals surface area (Å²) >= 11 is 1.41. The summed E-state index contributed by atoms with van der Waals surface area (Å²) in [5, 5.41) is 7.23. The summed E-state index contributed by atoms with van der Waals surface area (Å²) in [6.07, 6.45) is 2.16. The highest BCUT2D eigenvalue weighted by molar-refractivity contribution is 7.18. The van der Waals surface area contributed by atoms with Gasteiger partial charge in [0.15, 0.2) is 0 Å². The molecule has 1 aromatic carbocycles. The van der Waals surface area contributed by atoms with Crippen LogP contribution < -0.4 is 16.4 Å². The summed E-state index contributed by atoms with van der Waals surface area (Å²) in [7, 11) is 0. The predicted octanol–water partition coefficient (Wildman–Crippen LogP) is 3.14. The molecule has 3 rings (SSSR count). The van der Waals surface area contributed by atoms with Gasteiger partial charge >= 0.3 is 0 Å². The van der Waals surface area contributed by atoms with Crippen LogP contribution in [0.4, 0.5) is 10.7 Å². The highest BCUT2D eigenvalue weighted by Crippen LogP contribution is 2.30. The number of benzene rings is 1. The summed E-state index contributed by atoms with van der Waals surface area (Å²) in [5.74, 6) is -0.0522. The molecule has 110 valence electrons. The zero-order valence-electron chi connectivity index (χ0n) is 12.0. The lowest BCUT2D eigenvalue weighted by atomic mass is 10.1. The van der Waals surface area contributed by atoms with Crippen LogP contribution in [0.15, 0.2) is 30.3 Å². The fourth-order valence-corrected chi connectivity index (χ4v) is 3.04. The molecule has 5 heteroatoms. The Morgan fingerprint density at radius 2 is 2.19 bits per heavy atom. The first-order valence-electron chi connectivity index (χ1n) is 7.11. The number of rotatable bonds is 5. The normalized spacial score (nSPS) is 14.0. The zero-order chi connectivity index (χ0) is 14.8. The van der Waals surface area contributed by atoms with Crippen molar-refractivity contribution >= 4 is 27.9 Å². The van der Waals surface area contributed by atoms with Crippen LogP contribution in [0.3, 0.4) is 0 Å². The van der Waals surface area contributed by atoms with Crippen LogP contribution in [0.1, 0.15) is 33.6 Å². The molecule has 0 spiro atoms. The van der Waals surface area contributed by atoms with Crippen molar-refractivity contribution < 1.29 is 4.79 Å². The van der Waals surface area contributed by atoms with Crippen LogP contribution in [0, 0.1) is 6.92 Å². The number of hydrogen-bond donors (Lipinski definition) is 3. The maximum atomic E-state index is 12.0. The number of carbonyl (C=O) groups is 1. The molecule has 1 fully saturated rings. The number of nitrogens with one attached hydrogen (secondary N) is 2. The van der Waals surface area contributed by atoms with Crippen LogP contribution >= 0.6 is 11.3 Å². The third kappa shape index (κ3) is 3.55. The summed E-state index contributed by atoms with van der Waals surface area (Å²) in [6.45, 7) is 2.80. The minimum atomic E-state index is -0.0522. The van der Waals surface area contributed by atoms with Gasteiger partial charge in [-0.3, -0.25) is 4.79 Å². The fourth-order valence-electron chi connectivity index (χ4n) is 2.16. The molecule has 21 heavy (non-hydrogen) atoms. The Labute approximate surface area is 128 Å². The number of nitrogens with two attached hydrogens (primary N) is 1. The topological polar surface area (TPSA) is 67.1 Å². The van der Waals surface area contributed by atoms with Crippen molar-refractivity contribution in [3.05, 3.63) is 46.3 Å². The van der Waals surface area contributed by atoms with Gasteiger partial charge in [-0.15, -0.1) is 11.3 Å². The van der Waals surface area contributed by atoms with Crippen LogP contribution in [-0.2, 0) is 6.54 Å². The molecule has 1 aliphatic carbocycles. The average molecular weight is 301 g/mol. The molecular formula is C16H19N3OS. The molecule has 0 radical (unpaired) electrons. The lowest BCUT2D eigenvalue weighted by molar-refractivity contribution is 0.0956. The number of thiophene rings is 1. The van der Waals surface area contributed by atoms with Crippen molar-refractivity contribution in [1.82, 2.24) is 5.32 Å². The van der Waals surface area contributed by atoms with Gasteiger partial charge in [0, 0.05) is 12.6 Å². The largest absolute Gasteiger partial charge is 0.397 e. The Morgan fingerprint density at radius 3 is 2.90 bits per heavy atom. The highest BCUT2D eigenvalue weighted by atomic mass is 32.1. The minimum absolute atomic E-state index is 0.0522. The van der Waals surface area contributed by atoms with Crippen LogP contribution in [0.2, 0.25) is 0 Å². The second-order valence-corrected chi connectivity index (χ2v) is 6.54. The van der Waals surface area contributed by atoms with E-state index in [1.807, 2.05) is 12.1 Å². The van der Waals surface area contributed by atoms with Gasteiger partial charge in [-0.2, -0.15) is 0 Å². The Kier molecular flexibility index (Phi) is 3.84. The van der Waals surface area contributed by atoms with E-state index in [1.165, 1.54) is 22.5 Å². The lowest BCUT2D eigenvalue weighted by Gasteiger charge is -2.04. The Bertz CT molecular complexity index is 661. The van der Waals surface area contributed by atoms with E-state index in [-0.39, 0.29) is 5.91 Å². The van der Waals surface area contributed by atoms with Gasteiger partial charge in [-0.25, -0.2) is 0 Å². The number of hydrogen-bond acceptors (Lipinski definition) is 4. The van der Waals surface area contributed by atoms with E-state index < -0.39 is 0 Å². The maximum absolute atomic E-state index is 12.0. The standard InChI is InChI=1S/C16H19N3OS/c1-10-3-2-4-11(7-10)9-18-14-8-13(17)15(21-14)16(20)19-12-5-6-12/h2-4,7-8,12,18H,5-6,9,17H2,1H3,(H,19,20). The van der Waals surface area contributed by atoms with Crippen LogP contribution in [0.5, 0.6) is 0 Å². The molecule has 0 aliphatic heterocycles. The third-order valence-corrected chi connectivity index (χ3v) is 4.54. The molecule has 4 N–H and O–H groups in total. The van der Waals surface area contributed by atoms with Crippen molar-refractivity contribution in [2.45, 2.75) is 32.4 Å². The van der Waals surface area contributed by atoms with E-state index in [4.69, 9.17) is 5.73 Å². The first-order valence-corrected chi connectivity index (χ1v) is 7.93. The van der Waals surface area contributed by atoms with Crippen LogP contribution in [0.25, 0.3) is 0 Å².